The number of nitrogens with one attached hydrogen (secondary N) is 1. The van der Waals surface area contributed by atoms with Gasteiger partial charge in [-0.15, -0.1) is 0 Å². The Morgan fingerprint density at radius 2 is 1.89 bits per heavy atom. The number of amides is 2. The van der Waals surface area contributed by atoms with Crippen LogP contribution in [0.2, 0.25) is 0 Å². The van der Waals surface area contributed by atoms with Gasteiger partial charge in [-0.25, -0.2) is 0 Å². The van der Waals surface area contributed by atoms with Gasteiger partial charge < -0.3 is 10.2 Å². The highest BCUT2D eigenvalue weighted by atomic mass is 16.2. The van der Waals surface area contributed by atoms with E-state index in [2.05, 4.69) is 19.2 Å². The van der Waals surface area contributed by atoms with Crippen molar-refractivity contribution in [2.45, 2.75) is 65.5 Å². The van der Waals surface area contributed by atoms with Gasteiger partial charge in [0.1, 0.15) is 12.1 Å². The molecular formula is C15H26N2O2. The van der Waals surface area contributed by atoms with Crippen molar-refractivity contribution < 1.29 is 9.59 Å². The standard InChI is InChI=1S/C15H26N2O2/c1-5-11-14(19)17(12(6-2)13(18)16-11)9-15(7-8-15)10(3)4/h10-12H,5-9H2,1-4H3,(H,16,18). The van der Waals surface area contributed by atoms with Crippen molar-refractivity contribution in [1.29, 1.82) is 0 Å². The molecule has 4 heteroatoms. The van der Waals surface area contributed by atoms with Crippen LogP contribution in [-0.2, 0) is 9.59 Å². The number of carbonyl (C=O) groups excluding carboxylic acids is 2. The molecule has 0 radical (unpaired) electrons. The van der Waals surface area contributed by atoms with Crippen LogP contribution in [0.3, 0.4) is 0 Å². The van der Waals surface area contributed by atoms with Gasteiger partial charge in [0.15, 0.2) is 0 Å². The Bertz CT molecular complexity index is 374. The third-order valence-corrected chi connectivity index (χ3v) is 4.97. The topological polar surface area (TPSA) is 49.4 Å². The molecule has 0 aromatic carbocycles. The monoisotopic (exact) mass is 266 g/mol. The molecule has 2 aliphatic rings. The second-order valence-corrected chi connectivity index (χ2v) is 6.38. The summed E-state index contributed by atoms with van der Waals surface area (Å²) in [4.78, 5) is 26.5. The SMILES string of the molecule is CCC1NC(=O)C(CC)N(CC2(C(C)C)CC2)C1=O. The predicted molar refractivity (Wildman–Crippen MR) is 74.5 cm³/mol. The number of hydrogen-bond acceptors (Lipinski definition) is 2. The maximum absolute atomic E-state index is 12.5. The average Bonchev–Trinajstić information content (AvgIpc) is 3.14. The molecule has 2 fully saturated rings. The third-order valence-electron chi connectivity index (χ3n) is 4.97. The predicted octanol–water partition coefficient (Wildman–Crippen LogP) is 1.94. The summed E-state index contributed by atoms with van der Waals surface area (Å²) in [6, 6.07) is -0.593. The molecule has 1 saturated carbocycles. The van der Waals surface area contributed by atoms with Gasteiger partial charge in [-0.2, -0.15) is 0 Å². The lowest BCUT2D eigenvalue weighted by Gasteiger charge is -2.41. The maximum Gasteiger partial charge on any atom is 0.245 e. The van der Waals surface area contributed by atoms with Crippen LogP contribution in [-0.4, -0.2) is 35.3 Å². The molecule has 108 valence electrons. The van der Waals surface area contributed by atoms with Crippen LogP contribution in [0, 0.1) is 11.3 Å². The molecule has 19 heavy (non-hydrogen) atoms. The molecule has 2 atom stereocenters. The van der Waals surface area contributed by atoms with Gasteiger partial charge in [-0.3, -0.25) is 9.59 Å². The number of piperazine rings is 1. The van der Waals surface area contributed by atoms with E-state index in [0.29, 0.717) is 18.8 Å². The molecule has 2 amide bonds. The first-order valence-corrected chi connectivity index (χ1v) is 7.56. The van der Waals surface area contributed by atoms with Gasteiger partial charge >= 0.3 is 0 Å². The normalized spacial score (nSPS) is 29.6. The van der Waals surface area contributed by atoms with E-state index in [1.165, 1.54) is 12.8 Å². The van der Waals surface area contributed by atoms with Gasteiger partial charge in [0.05, 0.1) is 0 Å². The molecule has 2 rings (SSSR count). The first-order valence-electron chi connectivity index (χ1n) is 7.56. The van der Waals surface area contributed by atoms with E-state index in [9.17, 15) is 9.59 Å². The van der Waals surface area contributed by atoms with Crippen LogP contribution in [0.15, 0.2) is 0 Å². The number of nitrogens with zero attached hydrogens (tertiary/aromatic N) is 1. The Kier molecular flexibility index (Phi) is 3.88. The van der Waals surface area contributed by atoms with E-state index in [0.717, 1.165) is 6.54 Å². The van der Waals surface area contributed by atoms with Crippen molar-refractivity contribution in [3.8, 4) is 0 Å². The third kappa shape index (κ3) is 2.49. The summed E-state index contributed by atoms with van der Waals surface area (Å²) in [5, 5.41) is 2.85. The van der Waals surface area contributed by atoms with Crippen molar-refractivity contribution in [2.24, 2.45) is 11.3 Å². The summed E-state index contributed by atoms with van der Waals surface area (Å²) in [5.74, 6) is 0.706. The zero-order chi connectivity index (χ0) is 14.2. The number of hydrogen-bond donors (Lipinski definition) is 1. The highest BCUT2D eigenvalue weighted by Gasteiger charge is 2.50. The Labute approximate surface area is 115 Å². The lowest BCUT2D eigenvalue weighted by atomic mass is 9.90. The van der Waals surface area contributed by atoms with Crippen LogP contribution in [0.4, 0.5) is 0 Å². The van der Waals surface area contributed by atoms with E-state index in [-0.39, 0.29) is 29.3 Å². The summed E-state index contributed by atoms with van der Waals surface area (Å²) in [7, 11) is 0. The summed E-state index contributed by atoms with van der Waals surface area (Å²) >= 11 is 0. The van der Waals surface area contributed by atoms with E-state index in [4.69, 9.17) is 0 Å². The maximum atomic E-state index is 12.5. The molecule has 1 aliphatic carbocycles. The van der Waals surface area contributed by atoms with E-state index in [1.807, 2.05) is 18.7 Å². The molecule has 1 aliphatic heterocycles. The van der Waals surface area contributed by atoms with Crippen LogP contribution in [0.5, 0.6) is 0 Å². The molecule has 0 bridgehead atoms. The first-order chi connectivity index (χ1) is 8.95. The second-order valence-electron chi connectivity index (χ2n) is 6.38. The van der Waals surface area contributed by atoms with Gasteiger partial charge in [-0.1, -0.05) is 27.7 Å². The molecule has 1 N–H and O–H groups in total. The summed E-state index contributed by atoms with van der Waals surface area (Å²) in [6.45, 7) is 9.12. The molecule has 4 nitrogen and oxygen atoms in total. The molecule has 1 heterocycles. The van der Waals surface area contributed by atoms with Gasteiger partial charge in [0.2, 0.25) is 11.8 Å². The summed E-state index contributed by atoms with van der Waals surface area (Å²) in [5.41, 5.74) is 0.263. The highest BCUT2D eigenvalue weighted by molar-refractivity contribution is 5.96. The largest absolute Gasteiger partial charge is 0.343 e. The molecular weight excluding hydrogens is 240 g/mol. The van der Waals surface area contributed by atoms with Gasteiger partial charge in [-0.05, 0) is 37.0 Å². The Balaban J connectivity index is 2.18. The quantitative estimate of drug-likeness (QED) is 0.826. The highest BCUT2D eigenvalue weighted by Crippen LogP contribution is 2.52. The smallest absolute Gasteiger partial charge is 0.245 e. The van der Waals surface area contributed by atoms with Gasteiger partial charge in [0.25, 0.3) is 0 Å². The summed E-state index contributed by atoms with van der Waals surface area (Å²) < 4.78 is 0. The minimum Gasteiger partial charge on any atom is -0.343 e. The molecule has 0 spiro atoms. The lowest BCUT2D eigenvalue weighted by Crippen LogP contribution is -2.64. The molecule has 0 aromatic rings. The zero-order valence-electron chi connectivity index (χ0n) is 12.5. The molecule has 1 saturated heterocycles. The van der Waals surface area contributed by atoms with Crippen molar-refractivity contribution in [1.82, 2.24) is 10.2 Å². The Hall–Kier alpha value is -1.06. The second kappa shape index (κ2) is 5.14. The fourth-order valence-corrected chi connectivity index (χ4v) is 3.11. The van der Waals surface area contributed by atoms with E-state index >= 15 is 0 Å². The van der Waals surface area contributed by atoms with Crippen LogP contribution in [0.1, 0.15) is 53.4 Å². The lowest BCUT2D eigenvalue weighted by molar-refractivity contribution is -0.150. The minimum atomic E-state index is -0.321. The fraction of sp³-hybridized carbons (Fsp3) is 0.867. The molecule has 0 aromatic heterocycles. The van der Waals surface area contributed by atoms with Crippen molar-refractivity contribution in [2.75, 3.05) is 6.54 Å². The fourth-order valence-electron chi connectivity index (χ4n) is 3.11. The minimum absolute atomic E-state index is 0.0218. The Morgan fingerprint density at radius 3 is 2.32 bits per heavy atom. The van der Waals surface area contributed by atoms with Crippen LogP contribution in [0.25, 0.3) is 0 Å². The Morgan fingerprint density at radius 1 is 1.26 bits per heavy atom. The van der Waals surface area contributed by atoms with Crippen molar-refractivity contribution in [3.63, 3.8) is 0 Å². The number of carbonyl (C=O) groups is 2. The van der Waals surface area contributed by atoms with E-state index in [1.54, 1.807) is 0 Å². The average molecular weight is 266 g/mol. The van der Waals surface area contributed by atoms with Crippen molar-refractivity contribution >= 4 is 11.8 Å². The van der Waals surface area contributed by atoms with Gasteiger partial charge in [0, 0.05) is 6.54 Å². The number of rotatable bonds is 5. The molecule has 2 unspecified atom stereocenters. The first kappa shape index (κ1) is 14.4. The van der Waals surface area contributed by atoms with Crippen LogP contribution < -0.4 is 5.32 Å². The van der Waals surface area contributed by atoms with E-state index < -0.39 is 0 Å². The van der Waals surface area contributed by atoms with Crippen molar-refractivity contribution in [3.05, 3.63) is 0 Å². The van der Waals surface area contributed by atoms with Crippen LogP contribution >= 0.6 is 0 Å². The summed E-state index contributed by atoms with van der Waals surface area (Å²) in [6.07, 6.45) is 3.74. The zero-order valence-corrected chi connectivity index (χ0v) is 12.5.